The number of rotatable bonds is 32. The van der Waals surface area contributed by atoms with Crippen molar-refractivity contribution in [3.63, 3.8) is 0 Å². The third kappa shape index (κ3) is 13.9. The summed E-state index contributed by atoms with van der Waals surface area (Å²) in [6.45, 7) is 5.55. The van der Waals surface area contributed by atoms with E-state index >= 15 is 0 Å². The van der Waals surface area contributed by atoms with Crippen LogP contribution < -0.4 is 0 Å². The number of aromatic nitrogens is 2. The number of nitrogens with zero attached hydrogens (tertiary/aromatic N) is 4. The minimum Gasteiger partial charge on any atom is -0.494 e. The highest BCUT2D eigenvalue weighted by Crippen LogP contribution is 2.37. The van der Waals surface area contributed by atoms with Crippen LogP contribution in [0.4, 0.5) is 4.39 Å². The lowest BCUT2D eigenvalue weighted by Gasteiger charge is -2.12. The molecule has 61 heavy (non-hydrogen) atoms. The monoisotopic (exact) mass is 839 g/mol. The number of benzene rings is 2. The van der Waals surface area contributed by atoms with Crippen molar-refractivity contribution in [2.75, 3.05) is 0 Å². The van der Waals surface area contributed by atoms with Gasteiger partial charge in [-0.05, 0) is 37.1 Å². The fourth-order valence-electron chi connectivity index (χ4n) is 9.18. The van der Waals surface area contributed by atoms with Crippen LogP contribution >= 0.6 is 0 Å². The Morgan fingerprint density at radius 1 is 0.459 bits per heavy atom. The molecule has 0 atom stereocenters. The second-order valence-electron chi connectivity index (χ2n) is 17.6. The van der Waals surface area contributed by atoms with Crippen molar-refractivity contribution in [2.45, 2.75) is 207 Å². The van der Waals surface area contributed by atoms with Gasteiger partial charge in [0.05, 0.1) is 22.2 Å². The predicted molar refractivity (Wildman–Crippen MR) is 251 cm³/mol. The van der Waals surface area contributed by atoms with Crippen LogP contribution in [0.2, 0.25) is 0 Å². The summed E-state index contributed by atoms with van der Waals surface area (Å²) >= 11 is 0. The summed E-state index contributed by atoms with van der Waals surface area (Å²) in [4.78, 5) is 36.0. The second-order valence-corrected chi connectivity index (χ2v) is 17.6. The zero-order valence-corrected chi connectivity index (χ0v) is 37.6. The van der Waals surface area contributed by atoms with E-state index in [-0.39, 0.29) is 34.3 Å². The van der Waals surface area contributed by atoms with Crippen molar-refractivity contribution in [3.8, 4) is 11.8 Å². The average Bonchev–Trinajstić information content (AvgIpc) is 3.69. The molecular weight excluding hydrogens is 764 g/mol. The molecule has 1 aliphatic heterocycles. The van der Waals surface area contributed by atoms with Crippen molar-refractivity contribution in [1.82, 2.24) is 9.13 Å². The summed E-state index contributed by atoms with van der Waals surface area (Å²) in [7, 11) is 0. The number of halogens is 1. The lowest BCUT2D eigenvalue weighted by atomic mass is 10.0. The SMILES string of the molecule is CCCCCCCCCCCCCCCCn1c(O)c(C2=NC(=O)C(c3c(O)n(CCCCCCCCCCCCCCCC)c4ccc(F)cc34)=NC2=O)c2ccccc21. The summed E-state index contributed by atoms with van der Waals surface area (Å²) in [6.07, 6.45) is 34.8. The first-order valence-corrected chi connectivity index (χ1v) is 24.4. The molecule has 0 fully saturated rings. The van der Waals surface area contributed by atoms with Crippen LogP contribution in [0, 0.1) is 5.82 Å². The molecule has 0 saturated heterocycles. The molecule has 8 nitrogen and oxygen atoms in total. The van der Waals surface area contributed by atoms with Crippen LogP contribution in [0.1, 0.15) is 205 Å². The van der Waals surface area contributed by atoms with Crippen molar-refractivity contribution < 1.29 is 24.2 Å². The first kappa shape index (κ1) is 47.8. The lowest BCUT2D eigenvalue weighted by molar-refractivity contribution is -0.115. The number of hydrogen-bond acceptors (Lipinski definition) is 4. The fourth-order valence-corrected chi connectivity index (χ4v) is 9.18. The molecule has 2 aromatic heterocycles. The van der Waals surface area contributed by atoms with Gasteiger partial charge in [-0.15, -0.1) is 0 Å². The quantitative estimate of drug-likeness (QED) is 0.0477. The number of carbonyl (C=O) groups excluding carboxylic acids is 2. The molecule has 0 bridgehead atoms. The van der Waals surface area contributed by atoms with Gasteiger partial charge in [0, 0.05) is 23.9 Å². The maximum absolute atomic E-state index is 14.7. The van der Waals surface area contributed by atoms with Crippen molar-refractivity contribution in [1.29, 1.82) is 0 Å². The minimum atomic E-state index is -0.826. The van der Waals surface area contributed by atoms with Gasteiger partial charge in [-0.2, -0.15) is 0 Å². The van der Waals surface area contributed by atoms with Crippen molar-refractivity contribution in [3.05, 3.63) is 59.4 Å². The molecule has 2 aromatic carbocycles. The van der Waals surface area contributed by atoms with Gasteiger partial charge in [-0.3, -0.25) is 9.59 Å². The largest absolute Gasteiger partial charge is 0.494 e. The van der Waals surface area contributed by atoms with Crippen LogP contribution in [-0.4, -0.2) is 42.6 Å². The number of fused-ring (bicyclic) bond motifs is 2. The van der Waals surface area contributed by atoms with Gasteiger partial charge in [0.2, 0.25) is 11.8 Å². The Morgan fingerprint density at radius 3 is 1.21 bits per heavy atom. The van der Waals surface area contributed by atoms with E-state index in [1.807, 2.05) is 24.3 Å². The Morgan fingerprint density at radius 2 is 0.803 bits per heavy atom. The smallest absolute Gasteiger partial charge is 0.297 e. The van der Waals surface area contributed by atoms with Gasteiger partial charge in [0.25, 0.3) is 11.8 Å². The summed E-state index contributed by atoms with van der Waals surface area (Å²) < 4.78 is 18.2. The Kier molecular flexibility index (Phi) is 20.6. The molecule has 0 spiro atoms. The van der Waals surface area contributed by atoms with E-state index in [1.54, 1.807) is 15.2 Å². The Bertz CT molecular complexity index is 2040. The second kappa shape index (κ2) is 26.3. The lowest BCUT2D eigenvalue weighted by Crippen LogP contribution is -2.28. The van der Waals surface area contributed by atoms with Gasteiger partial charge in [0.1, 0.15) is 17.2 Å². The Hall–Kier alpha value is -4.27. The first-order chi connectivity index (χ1) is 29.9. The molecule has 3 heterocycles. The molecular formula is C52H75FN4O4. The molecule has 0 radical (unpaired) electrons. The topological polar surface area (TPSA) is 109 Å². The average molecular weight is 839 g/mol. The standard InChI is InChI=1S/C52H75FN4O4/c1-3-5-7-9-11-13-15-17-19-21-23-25-27-31-37-56-43-34-30-29-33-41(43)45(51(56)60)47-49(58)55-48(50(59)54-47)46-42-39-40(53)35-36-44(42)57(52(46)61)38-32-28-26-24-22-20-18-16-14-12-10-8-6-4-2/h29-30,33-36,39,60-61H,3-28,31-32,37-38H2,1-2H3. The molecule has 0 unspecified atom stereocenters. The zero-order chi connectivity index (χ0) is 43.2. The normalized spacial score (nSPS) is 13.2. The number of unbranched alkanes of at least 4 members (excludes halogenated alkanes) is 26. The zero-order valence-electron chi connectivity index (χ0n) is 37.6. The maximum atomic E-state index is 14.7. The summed E-state index contributed by atoms with van der Waals surface area (Å²) in [5.41, 5.74) is 0.932. The number of aryl methyl sites for hydroxylation is 2. The van der Waals surface area contributed by atoms with Gasteiger partial charge in [-0.1, -0.05) is 199 Å². The molecule has 0 aliphatic carbocycles. The van der Waals surface area contributed by atoms with E-state index in [1.165, 1.54) is 153 Å². The summed E-state index contributed by atoms with van der Waals surface area (Å²) in [5, 5.41) is 24.1. The van der Waals surface area contributed by atoms with E-state index in [2.05, 4.69) is 23.8 Å². The van der Waals surface area contributed by atoms with Gasteiger partial charge in [-0.25, -0.2) is 14.4 Å². The number of hydrogen-bond donors (Lipinski definition) is 2. The van der Waals surface area contributed by atoms with Crippen LogP contribution in [0.3, 0.4) is 0 Å². The molecule has 4 aromatic rings. The molecule has 5 rings (SSSR count). The Labute approximate surface area is 365 Å². The molecule has 9 heteroatoms. The number of para-hydroxylation sites is 1. The summed E-state index contributed by atoms with van der Waals surface area (Å²) in [5.74, 6) is -2.51. The van der Waals surface area contributed by atoms with E-state index in [0.29, 0.717) is 29.4 Å². The van der Waals surface area contributed by atoms with E-state index < -0.39 is 17.6 Å². The van der Waals surface area contributed by atoms with Crippen LogP contribution in [-0.2, 0) is 22.7 Å². The Balaban J connectivity index is 1.15. The van der Waals surface area contributed by atoms with Gasteiger partial charge >= 0.3 is 0 Å². The summed E-state index contributed by atoms with van der Waals surface area (Å²) in [6, 6.07) is 11.6. The third-order valence-corrected chi connectivity index (χ3v) is 12.7. The molecule has 2 amide bonds. The number of aromatic hydroxyl groups is 2. The van der Waals surface area contributed by atoms with Crippen LogP contribution in [0.25, 0.3) is 21.8 Å². The van der Waals surface area contributed by atoms with E-state index in [9.17, 15) is 24.2 Å². The number of aliphatic imine (C=N–C) groups is 2. The highest BCUT2D eigenvalue weighted by Gasteiger charge is 2.34. The fraction of sp³-hybridized carbons (Fsp3) is 0.615. The minimum absolute atomic E-state index is 0.00506. The maximum Gasteiger partial charge on any atom is 0.297 e. The highest BCUT2D eigenvalue weighted by molar-refractivity contribution is 6.61. The van der Waals surface area contributed by atoms with E-state index in [4.69, 9.17) is 0 Å². The van der Waals surface area contributed by atoms with Crippen molar-refractivity contribution >= 4 is 45.0 Å². The van der Waals surface area contributed by atoms with Crippen molar-refractivity contribution in [2.24, 2.45) is 9.98 Å². The van der Waals surface area contributed by atoms with E-state index in [0.717, 1.165) is 44.0 Å². The van der Waals surface area contributed by atoms with Crippen LogP contribution in [0.15, 0.2) is 52.4 Å². The van der Waals surface area contributed by atoms with Gasteiger partial charge < -0.3 is 19.3 Å². The highest BCUT2D eigenvalue weighted by atomic mass is 19.1. The molecule has 2 N–H and O–H groups in total. The molecule has 1 aliphatic rings. The molecule has 334 valence electrons. The predicted octanol–water partition coefficient (Wildman–Crippen LogP) is 14.5. The number of amides is 2. The first-order valence-electron chi connectivity index (χ1n) is 24.4. The van der Waals surface area contributed by atoms with Gasteiger partial charge in [0.15, 0.2) is 0 Å². The molecule has 0 saturated carbocycles. The van der Waals surface area contributed by atoms with Crippen LogP contribution in [0.5, 0.6) is 11.8 Å². The number of carbonyl (C=O) groups is 2. The third-order valence-electron chi connectivity index (χ3n) is 12.7.